The minimum Gasteiger partial charge on any atom is -0.472 e. The summed E-state index contributed by atoms with van der Waals surface area (Å²) >= 11 is 0. The van der Waals surface area contributed by atoms with E-state index in [2.05, 4.69) is 17.1 Å². The lowest BCUT2D eigenvalue weighted by Crippen LogP contribution is -2.42. The topological polar surface area (TPSA) is 28.4 Å². The van der Waals surface area contributed by atoms with E-state index in [1.807, 2.05) is 12.3 Å². The number of nitrogens with one attached hydrogen (secondary N) is 1. The third-order valence-electron chi connectivity index (χ3n) is 3.30. The van der Waals surface area contributed by atoms with Crippen molar-refractivity contribution in [3.8, 4) is 0 Å². The van der Waals surface area contributed by atoms with Gasteiger partial charge in [-0.25, -0.2) is 0 Å². The van der Waals surface area contributed by atoms with Gasteiger partial charge in [0.25, 0.3) is 0 Å². The number of furan rings is 1. The predicted molar refractivity (Wildman–Crippen MR) is 65.3 cm³/mol. The zero-order valence-corrected chi connectivity index (χ0v) is 10.1. The molecule has 90 valence electrons. The van der Waals surface area contributed by atoms with Crippen molar-refractivity contribution in [2.75, 3.05) is 19.6 Å². The van der Waals surface area contributed by atoms with Gasteiger partial charge in [-0.05, 0) is 45.0 Å². The quantitative estimate of drug-likeness (QED) is 0.828. The molecular formula is C13H22N2O. The highest BCUT2D eigenvalue weighted by Crippen LogP contribution is 2.11. The van der Waals surface area contributed by atoms with E-state index in [0.717, 1.165) is 6.54 Å². The molecule has 3 heteroatoms. The third kappa shape index (κ3) is 3.35. The highest BCUT2D eigenvalue weighted by atomic mass is 16.3. The van der Waals surface area contributed by atoms with Gasteiger partial charge in [0.05, 0.1) is 12.5 Å². The van der Waals surface area contributed by atoms with Gasteiger partial charge in [-0.3, -0.25) is 0 Å². The molecule has 2 heterocycles. The number of hydrogen-bond donors (Lipinski definition) is 1. The van der Waals surface area contributed by atoms with E-state index in [-0.39, 0.29) is 0 Å². The minimum absolute atomic E-state index is 0.683. The van der Waals surface area contributed by atoms with Crippen LogP contribution in [-0.2, 0) is 6.54 Å². The fourth-order valence-corrected chi connectivity index (χ4v) is 2.33. The molecule has 0 aliphatic carbocycles. The Labute approximate surface area is 97.8 Å². The Balaban J connectivity index is 1.65. The molecule has 3 nitrogen and oxygen atoms in total. The molecule has 0 saturated carbocycles. The van der Waals surface area contributed by atoms with Crippen molar-refractivity contribution in [3.05, 3.63) is 24.2 Å². The van der Waals surface area contributed by atoms with E-state index in [4.69, 9.17) is 4.42 Å². The molecule has 1 N–H and O–H groups in total. The third-order valence-corrected chi connectivity index (χ3v) is 3.30. The monoisotopic (exact) mass is 222 g/mol. The van der Waals surface area contributed by atoms with Crippen LogP contribution >= 0.6 is 0 Å². The predicted octanol–water partition coefficient (Wildman–Crippen LogP) is 2.24. The van der Waals surface area contributed by atoms with Crippen LogP contribution in [0.25, 0.3) is 0 Å². The number of piperidine rings is 1. The molecular weight excluding hydrogens is 200 g/mol. The Kier molecular flexibility index (Phi) is 4.43. The summed E-state index contributed by atoms with van der Waals surface area (Å²) in [5, 5.41) is 3.60. The van der Waals surface area contributed by atoms with E-state index < -0.39 is 0 Å². The minimum atomic E-state index is 0.683. The lowest BCUT2D eigenvalue weighted by atomic mass is 10.0. The Morgan fingerprint density at radius 2 is 2.25 bits per heavy atom. The molecule has 1 aliphatic rings. The molecule has 0 atom stereocenters. The molecule has 0 spiro atoms. The summed E-state index contributed by atoms with van der Waals surface area (Å²) in [6, 6.07) is 2.71. The first-order valence-corrected chi connectivity index (χ1v) is 6.35. The van der Waals surface area contributed by atoms with Crippen molar-refractivity contribution in [3.63, 3.8) is 0 Å². The standard InChI is InChI=1S/C13H22N2O/c1-2-6-15-7-3-13(4-8-15)14-10-12-5-9-16-11-12/h5,9,11,13-14H,2-4,6-8,10H2,1H3. The molecule has 1 saturated heterocycles. The van der Waals surface area contributed by atoms with Crippen LogP contribution in [0.5, 0.6) is 0 Å². The highest BCUT2D eigenvalue weighted by Gasteiger charge is 2.17. The Morgan fingerprint density at radius 1 is 1.44 bits per heavy atom. The first kappa shape index (κ1) is 11.7. The van der Waals surface area contributed by atoms with Gasteiger partial charge in [-0.15, -0.1) is 0 Å². The van der Waals surface area contributed by atoms with E-state index in [1.165, 1.54) is 44.5 Å². The maximum Gasteiger partial charge on any atom is 0.0947 e. The molecule has 1 aromatic rings. The second-order valence-corrected chi connectivity index (χ2v) is 4.63. The Hall–Kier alpha value is -0.800. The number of rotatable bonds is 5. The Bertz CT molecular complexity index is 276. The van der Waals surface area contributed by atoms with Gasteiger partial charge >= 0.3 is 0 Å². The van der Waals surface area contributed by atoms with Crippen molar-refractivity contribution in [1.29, 1.82) is 0 Å². The summed E-state index contributed by atoms with van der Waals surface area (Å²) in [5.41, 5.74) is 1.25. The zero-order chi connectivity index (χ0) is 11.2. The summed E-state index contributed by atoms with van der Waals surface area (Å²) in [6.07, 6.45) is 7.38. The van der Waals surface area contributed by atoms with Crippen LogP contribution in [0.15, 0.2) is 23.0 Å². The van der Waals surface area contributed by atoms with Crippen LogP contribution in [0.3, 0.4) is 0 Å². The fourth-order valence-electron chi connectivity index (χ4n) is 2.33. The van der Waals surface area contributed by atoms with E-state index in [1.54, 1.807) is 6.26 Å². The van der Waals surface area contributed by atoms with Gasteiger partial charge in [-0.2, -0.15) is 0 Å². The maximum absolute atomic E-state index is 5.06. The van der Waals surface area contributed by atoms with Crippen LogP contribution in [-0.4, -0.2) is 30.6 Å². The van der Waals surface area contributed by atoms with E-state index in [9.17, 15) is 0 Å². The second kappa shape index (κ2) is 6.06. The molecule has 0 radical (unpaired) electrons. The largest absolute Gasteiger partial charge is 0.472 e. The summed E-state index contributed by atoms with van der Waals surface area (Å²) in [6.45, 7) is 6.94. The summed E-state index contributed by atoms with van der Waals surface area (Å²) in [4.78, 5) is 2.57. The van der Waals surface area contributed by atoms with Gasteiger partial charge in [0.2, 0.25) is 0 Å². The van der Waals surface area contributed by atoms with Crippen LogP contribution in [0.2, 0.25) is 0 Å². The van der Waals surface area contributed by atoms with Gasteiger partial charge < -0.3 is 14.6 Å². The molecule has 0 amide bonds. The van der Waals surface area contributed by atoms with Crippen LogP contribution in [0, 0.1) is 0 Å². The van der Waals surface area contributed by atoms with Gasteiger partial charge in [0.1, 0.15) is 0 Å². The molecule has 0 unspecified atom stereocenters. The summed E-state index contributed by atoms with van der Waals surface area (Å²) in [5.74, 6) is 0. The fraction of sp³-hybridized carbons (Fsp3) is 0.692. The average molecular weight is 222 g/mol. The number of nitrogens with zero attached hydrogens (tertiary/aromatic N) is 1. The van der Waals surface area contributed by atoms with Crippen LogP contribution < -0.4 is 5.32 Å². The second-order valence-electron chi connectivity index (χ2n) is 4.63. The molecule has 0 bridgehead atoms. The smallest absolute Gasteiger partial charge is 0.0947 e. The SMILES string of the molecule is CCCN1CCC(NCc2ccoc2)CC1. The van der Waals surface area contributed by atoms with Crippen molar-refractivity contribution in [1.82, 2.24) is 10.2 Å². The molecule has 1 fully saturated rings. The summed E-state index contributed by atoms with van der Waals surface area (Å²) in [7, 11) is 0. The molecule has 0 aromatic carbocycles. The van der Waals surface area contributed by atoms with Crippen molar-refractivity contribution in [2.24, 2.45) is 0 Å². The molecule has 1 aliphatic heterocycles. The van der Waals surface area contributed by atoms with Crippen LogP contribution in [0.1, 0.15) is 31.7 Å². The average Bonchev–Trinajstić information content (AvgIpc) is 2.82. The van der Waals surface area contributed by atoms with Gasteiger partial charge in [-0.1, -0.05) is 6.92 Å². The maximum atomic E-state index is 5.06. The first-order valence-electron chi connectivity index (χ1n) is 6.35. The lowest BCUT2D eigenvalue weighted by molar-refractivity contribution is 0.197. The van der Waals surface area contributed by atoms with E-state index >= 15 is 0 Å². The zero-order valence-electron chi connectivity index (χ0n) is 10.1. The number of hydrogen-bond acceptors (Lipinski definition) is 3. The van der Waals surface area contributed by atoms with Crippen molar-refractivity contribution < 1.29 is 4.42 Å². The first-order chi connectivity index (χ1) is 7.88. The Morgan fingerprint density at radius 3 is 2.88 bits per heavy atom. The lowest BCUT2D eigenvalue weighted by Gasteiger charge is -2.32. The normalized spacial score (nSPS) is 19.1. The van der Waals surface area contributed by atoms with Gasteiger partial charge in [0.15, 0.2) is 0 Å². The molecule has 2 rings (SSSR count). The van der Waals surface area contributed by atoms with Crippen molar-refractivity contribution >= 4 is 0 Å². The highest BCUT2D eigenvalue weighted by molar-refractivity contribution is 5.04. The summed E-state index contributed by atoms with van der Waals surface area (Å²) < 4.78 is 5.06. The molecule has 1 aromatic heterocycles. The van der Waals surface area contributed by atoms with E-state index in [0.29, 0.717) is 6.04 Å². The molecule has 16 heavy (non-hydrogen) atoms. The number of likely N-dealkylation sites (tertiary alicyclic amines) is 1. The van der Waals surface area contributed by atoms with Crippen molar-refractivity contribution in [2.45, 2.75) is 38.8 Å². The van der Waals surface area contributed by atoms with Crippen LogP contribution in [0.4, 0.5) is 0 Å². The van der Waals surface area contributed by atoms with Gasteiger partial charge in [0, 0.05) is 18.2 Å².